The Morgan fingerprint density at radius 1 is 1.26 bits per heavy atom. The number of hydrogen-bond donors (Lipinski definition) is 1. The Kier molecular flexibility index (Phi) is 6.59. The first kappa shape index (κ1) is 17.5. The molecule has 5 heteroatoms. The van der Waals surface area contributed by atoms with Crippen molar-refractivity contribution in [1.29, 1.82) is 0 Å². The lowest BCUT2D eigenvalue weighted by molar-refractivity contribution is -0.142. The SMILES string of the molecule is CO[C@H](C)C(=O)N1CCC(NC(=O)CCc2ccccc2)CC1. The first-order chi connectivity index (χ1) is 11.1. The zero-order valence-corrected chi connectivity index (χ0v) is 14.0. The average molecular weight is 318 g/mol. The van der Waals surface area contributed by atoms with E-state index in [9.17, 15) is 9.59 Å². The third-order valence-electron chi connectivity index (χ3n) is 4.36. The molecule has 0 bridgehead atoms. The van der Waals surface area contributed by atoms with Gasteiger partial charge in [0.2, 0.25) is 5.91 Å². The Morgan fingerprint density at radius 3 is 2.52 bits per heavy atom. The second-order valence-electron chi connectivity index (χ2n) is 6.03. The number of aryl methyl sites for hydroxylation is 1. The number of carbonyl (C=O) groups excluding carboxylic acids is 2. The monoisotopic (exact) mass is 318 g/mol. The van der Waals surface area contributed by atoms with E-state index in [1.807, 2.05) is 35.2 Å². The number of likely N-dealkylation sites (tertiary alicyclic amines) is 1. The molecule has 0 unspecified atom stereocenters. The van der Waals surface area contributed by atoms with Gasteiger partial charge in [0.15, 0.2) is 0 Å². The molecule has 126 valence electrons. The molecule has 0 radical (unpaired) electrons. The topological polar surface area (TPSA) is 58.6 Å². The minimum absolute atomic E-state index is 0.0290. The van der Waals surface area contributed by atoms with Crippen LogP contribution >= 0.6 is 0 Å². The summed E-state index contributed by atoms with van der Waals surface area (Å²) in [6.45, 7) is 3.12. The highest BCUT2D eigenvalue weighted by molar-refractivity contribution is 5.80. The molecule has 0 aromatic heterocycles. The van der Waals surface area contributed by atoms with E-state index in [1.165, 1.54) is 5.56 Å². The van der Waals surface area contributed by atoms with Gasteiger partial charge in [-0.1, -0.05) is 30.3 Å². The molecule has 1 saturated heterocycles. The van der Waals surface area contributed by atoms with Gasteiger partial charge >= 0.3 is 0 Å². The largest absolute Gasteiger partial charge is 0.372 e. The highest BCUT2D eigenvalue weighted by Gasteiger charge is 2.26. The van der Waals surface area contributed by atoms with E-state index >= 15 is 0 Å². The smallest absolute Gasteiger partial charge is 0.251 e. The molecule has 1 atom stereocenters. The number of carbonyl (C=O) groups is 2. The molecule has 1 fully saturated rings. The van der Waals surface area contributed by atoms with E-state index in [0.29, 0.717) is 19.5 Å². The summed E-state index contributed by atoms with van der Waals surface area (Å²) in [4.78, 5) is 25.9. The van der Waals surface area contributed by atoms with Crippen molar-refractivity contribution < 1.29 is 14.3 Å². The van der Waals surface area contributed by atoms with E-state index in [2.05, 4.69) is 5.32 Å². The van der Waals surface area contributed by atoms with Crippen molar-refractivity contribution in [2.45, 2.75) is 44.8 Å². The molecule has 1 aromatic carbocycles. The second-order valence-corrected chi connectivity index (χ2v) is 6.03. The number of methoxy groups -OCH3 is 1. The van der Waals surface area contributed by atoms with E-state index in [1.54, 1.807) is 14.0 Å². The molecular weight excluding hydrogens is 292 g/mol. The number of nitrogens with zero attached hydrogens (tertiary/aromatic N) is 1. The van der Waals surface area contributed by atoms with Gasteiger partial charge in [-0.15, -0.1) is 0 Å². The van der Waals surface area contributed by atoms with Crippen LogP contribution in [0.3, 0.4) is 0 Å². The number of benzene rings is 1. The Morgan fingerprint density at radius 2 is 1.91 bits per heavy atom. The summed E-state index contributed by atoms with van der Waals surface area (Å²) >= 11 is 0. The van der Waals surface area contributed by atoms with Crippen LogP contribution in [0.2, 0.25) is 0 Å². The van der Waals surface area contributed by atoms with E-state index in [4.69, 9.17) is 4.74 Å². The van der Waals surface area contributed by atoms with Gasteiger partial charge in [-0.05, 0) is 31.7 Å². The summed E-state index contributed by atoms with van der Waals surface area (Å²) in [6.07, 6.45) is 2.48. The molecule has 1 aromatic rings. The highest BCUT2D eigenvalue weighted by Crippen LogP contribution is 2.13. The van der Waals surface area contributed by atoms with Crippen LogP contribution in [-0.4, -0.2) is 49.1 Å². The Labute approximate surface area is 138 Å². The standard InChI is InChI=1S/C18H26N2O3/c1-14(23-2)18(22)20-12-10-16(11-13-20)19-17(21)9-8-15-6-4-3-5-7-15/h3-7,14,16H,8-13H2,1-2H3,(H,19,21)/t14-/m1/s1. The second kappa shape index (κ2) is 8.67. The van der Waals surface area contributed by atoms with Crippen molar-refractivity contribution in [2.24, 2.45) is 0 Å². The van der Waals surface area contributed by atoms with Gasteiger partial charge in [0.25, 0.3) is 5.91 Å². The van der Waals surface area contributed by atoms with E-state index in [0.717, 1.165) is 19.3 Å². The van der Waals surface area contributed by atoms with Gasteiger partial charge in [-0.2, -0.15) is 0 Å². The molecule has 2 rings (SSSR count). The van der Waals surface area contributed by atoms with Gasteiger partial charge in [0.1, 0.15) is 6.10 Å². The number of rotatable bonds is 6. The Bertz CT molecular complexity index is 510. The third-order valence-corrected chi connectivity index (χ3v) is 4.36. The molecule has 1 aliphatic heterocycles. The maximum absolute atomic E-state index is 12.0. The zero-order chi connectivity index (χ0) is 16.7. The van der Waals surface area contributed by atoms with Crippen molar-refractivity contribution in [3.63, 3.8) is 0 Å². The quantitative estimate of drug-likeness (QED) is 0.869. The number of amides is 2. The van der Waals surface area contributed by atoms with Gasteiger partial charge in [0, 0.05) is 32.7 Å². The summed E-state index contributed by atoms with van der Waals surface area (Å²) in [6, 6.07) is 10.2. The molecule has 0 aliphatic carbocycles. The molecule has 1 aliphatic rings. The Hall–Kier alpha value is -1.88. The van der Waals surface area contributed by atoms with Gasteiger partial charge in [-0.3, -0.25) is 9.59 Å². The lowest BCUT2D eigenvalue weighted by atomic mass is 10.0. The first-order valence-corrected chi connectivity index (χ1v) is 8.25. The van der Waals surface area contributed by atoms with Crippen LogP contribution in [0.4, 0.5) is 0 Å². The number of piperidine rings is 1. The summed E-state index contributed by atoms with van der Waals surface area (Å²) < 4.78 is 5.07. The summed E-state index contributed by atoms with van der Waals surface area (Å²) in [5.41, 5.74) is 1.18. The lowest BCUT2D eigenvalue weighted by Crippen LogP contribution is -2.49. The van der Waals surface area contributed by atoms with Crippen LogP contribution in [0, 0.1) is 0 Å². The van der Waals surface area contributed by atoms with Crippen LogP contribution < -0.4 is 5.32 Å². The number of nitrogens with one attached hydrogen (secondary N) is 1. The van der Waals surface area contributed by atoms with Gasteiger partial charge in [0.05, 0.1) is 0 Å². The van der Waals surface area contributed by atoms with Crippen LogP contribution in [0.5, 0.6) is 0 Å². The number of hydrogen-bond acceptors (Lipinski definition) is 3. The molecular formula is C18H26N2O3. The fraction of sp³-hybridized carbons (Fsp3) is 0.556. The van der Waals surface area contributed by atoms with Crippen molar-refractivity contribution in [2.75, 3.05) is 20.2 Å². The van der Waals surface area contributed by atoms with Crippen molar-refractivity contribution in [3.8, 4) is 0 Å². The fourth-order valence-corrected chi connectivity index (χ4v) is 2.80. The van der Waals surface area contributed by atoms with Crippen molar-refractivity contribution in [1.82, 2.24) is 10.2 Å². The maximum Gasteiger partial charge on any atom is 0.251 e. The van der Waals surface area contributed by atoms with Crippen LogP contribution in [-0.2, 0) is 20.7 Å². The molecule has 1 N–H and O–H groups in total. The van der Waals surface area contributed by atoms with Gasteiger partial charge < -0.3 is 15.0 Å². The molecule has 23 heavy (non-hydrogen) atoms. The molecule has 0 spiro atoms. The average Bonchev–Trinajstić information content (AvgIpc) is 2.60. The maximum atomic E-state index is 12.0. The Balaban J connectivity index is 1.69. The van der Waals surface area contributed by atoms with Crippen LogP contribution in [0.15, 0.2) is 30.3 Å². The molecule has 5 nitrogen and oxygen atoms in total. The van der Waals surface area contributed by atoms with Crippen molar-refractivity contribution in [3.05, 3.63) is 35.9 Å². The highest BCUT2D eigenvalue weighted by atomic mass is 16.5. The van der Waals surface area contributed by atoms with E-state index in [-0.39, 0.29) is 17.9 Å². The molecule has 0 saturated carbocycles. The minimum atomic E-state index is -0.396. The number of ether oxygens (including phenoxy) is 1. The van der Waals surface area contributed by atoms with Crippen LogP contribution in [0.1, 0.15) is 31.7 Å². The van der Waals surface area contributed by atoms with Crippen LogP contribution in [0.25, 0.3) is 0 Å². The summed E-state index contributed by atoms with van der Waals surface area (Å²) in [5, 5.41) is 3.08. The first-order valence-electron chi connectivity index (χ1n) is 8.25. The van der Waals surface area contributed by atoms with E-state index < -0.39 is 6.10 Å². The zero-order valence-electron chi connectivity index (χ0n) is 14.0. The third kappa shape index (κ3) is 5.36. The summed E-state index contributed by atoms with van der Waals surface area (Å²) in [7, 11) is 1.54. The van der Waals surface area contributed by atoms with Crippen molar-refractivity contribution >= 4 is 11.8 Å². The molecule has 1 heterocycles. The summed E-state index contributed by atoms with van der Waals surface area (Å²) in [5.74, 6) is 0.116. The fourth-order valence-electron chi connectivity index (χ4n) is 2.80. The lowest BCUT2D eigenvalue weighted by Gasteiger charge is -2.33. The predicted molar refractivity (Wildman–Crippen MR) is 89.0 cm³/mol. The minimum Gasteiger partial charge on any atom is -0.372 e. The normalized spacial score (nSPS) is 16.9. The molecule has 2 amide bonds. The van der Waals surface area contributed by atoms with Gasteiger partial charge in [-0.25, -0.2) is 0 Å². The predicted octanol–water partition coefficient (Wildman–Crippen LogP) is 1.76.